The van der Waals surface area contributed by atoms with Gasteiger partial charge in [-0.05, 0) is 52.5 Å². The number of aliphatic hydroxyl groups excluding tert-OH is 1. The van der Waals surface area contributed by atoms with Crippen LogP contribution in [0, 0.1) is 5.92 Å². The third-order valence-corrected chi connectivity index (χ3v) is 3.72. The Kier molecular flexibility index (Phi) is 7.48. The van der Waals surface area contributed by atoms with Crippen molar-refractivity contribution in [3.63, 3.8) is 0 Å². The molecule has 0 fully saturated rings. The summed E-state index contributed by atoms with van der Waals surface area (Å²) in [5, 5.41) is 12.1. The Balaban J connectivity index is 2.52. The Hall–Kier alpha value is -0.790. The Bertz CT molecular complexity index is 441. The quantitative estimate of drug-likeness (QED) is 0.731. The van der Waals surface area contributed by atoms with E-state index in [1.807, 2.05) is 0 Å². The maximum absolute atomic E-state index is 12.1. The van der Waals surface area contributed by atoms with Gasteiger partial charge in [0.05, 0.1) is 4.47 Å². The van der Waals surface area contributed by atoms with Crippen molar-refractivity contribution in [3.05, 3.63) is 28.2 Å². The second-order valence-electron chi connectivity index (χ2n) is 4.73. The lowest BCUT2D eigenvalue weighted by molar-refractivity contribution is -0.274. The van der Waals surface area contributed by atoms with E-state index < -0.39 is 6.36 Å². The number of aliphatic hydroxyl groups is 1. The van der Waals surface area contributed by atoms with Crippen LogP contribution in [0.3, 0.4) is 0 Å². The van der Waals surface area contributed by atoms with Crippen molar-refractivity contribution in [1.29, 1.82) is 0 Å². The van der Waals surface area contributed by atoms with E-state index in [1.165, 1.54) is 6.07 Å². The molecule has 2 N–H and O–H groups in total. The molecule has 0 spiro atoms. The molecule has 1 atom stereocenters. The molecule has 0 saturated heterocycles. The highest BCUT2D eigenvalue weighted by molar-refractivity contribution is 9.10. The summed E-state index contributed by atoms with van der Waals surface area (Å²) in [4.78, 5) is 0. The monoisotopic (exact) mass is 369 g/mol. The van der Waals surface area contributed by atoms with Crippen molar-refractivity contribution in [3.8, 4) is 5.75 Å². The van der Waals surface area contributed by atoms with Crippen molar-refractivity contribution in [1.82, 2.24) is 5.32 Å². The lowest BCUT2D eigenvalue weighted by Gasteiger charge is -2.15. The van der Waals surface area contributed by atoms with Crippen molar-refractivity contribution in [2.24, 2.45) is 5.92 Å². The molecule has 0 aliphatic carbocycles. The van der Waals surface area contributed by atoms with E-state index in [1.54, 1.807) is 12.1 Å². The minimum Gasteiger partial charge on any atom is -0.405 e. The van der Waals surface area contributed by atoms with Gasteiger partial charge in [-0.15, -0.1) is 13.2 Å². The van der Waals surface area contributed by atoms with Crippen LogP contribution in [0.5, 0.6) is 5.75 Å². The number of alkyl halides is 3. The zero-order chi connectivity index (χ0) is 15.9. The minimum absolute atomic E-state index is 0.162. The van der Waals surface area contributed by atoms with E-state index in [4.69, 9.17) is 5.11 Å². The Morgan fingerprint density at radius 3 is 2.62 bits per heavy atom. The zero-order valence-corrected chi connectivity index (χ0v) is 13.3. The van der Waals surface area contributed by atoms with Crippen LogP contribution in [0.25, 0.3) is 0 Å². The van der Waals surface area contributed by atoms with Crippen molar-refractivity contribution >= 4 is 15.9 Å². The summed E-state index contributed by atoms with van der Waals surface area (Å²) in [7, 11) is 0. The van der Waals surface area contributed by atoms with Gasteiger partial charge in [-0.2, -0.15) is 0 Å². The number of rotatable bonds is 8. The third-order valence-electron chi connectivity index (χ3n) is 3.10. The van der Waals surface area contributed by atoms with E-state index >= 15 is 0 Å². The summed E-state index contributed by atoms with van der Waals surface area (Å²) in [5.41, 5.74) is 0.857. The predicted molar refractivity (Wildman–Crippen MR) is 78.0 cm³/mol. The third kappa shape index (κ3) is 7.15. The fourth-order valence-corrected chi connectivity index (χ4v) is 2.42. The zero-order valence-electron chi connectivity index (χ0n) is 11.7. The molecule has 0 bridgehead atoms. The van der Waals surface area contributed by atoms with Gasteiger partial charge in [-0.1, -0.05) is 19.4 Å². The fraction of sp³-hybridized carbons (Fsp3) is 0.571. The Morgan fingerprint density at radius 1 is 1.38 bits per heavy atom. The molecule has 1 rings (SSSR count). The van der Waals surface area contributed by atoms with Crippen molar-refractivity contribution < 1.29 is 23.0 Å². The second kappa shape index (κ2) is 8.60. The van der Waals surface area contributed by atoms with Crippen molar-refractivity contribution in [2.75, 3.05) is 13.2 Å². The van der Waals surface area contributed by atoms with Crippen LogP contribution < -0.4 is 10.1 Å². The molecule has 7 heteroatoms. The molecule has 0 radical (unpaired) electrons. The highest BCUT2D eigenvalue weighted by Gasteiger charge is 2.31. The summed E-state index contributed by atoms with van der Waals surface area (Å²) in [5.74, 6) is 0.143. The molecule has 0 amide bonds. The number of halogens is 4. The maximum Gasteiger partial charge on any atom is 0.573 e. The molecule has 1 unspecified atom stereocenters. The predicted octanol–water partition coefficient (Wildman–Crippen LogP) is 3.85. The number of ether oxygens (including phenoxy) is 1. The van der Waals surface area contributed by atoms with Gasteiger partial charge in [-0.25, -0.2) is 0 Å². The van der Waals surface area contributed by atoms with E-state index in [0.29, 0.717) is 12.5 Å². The Labute approximate surface area is 130 Å². The molecule has 1 aromatic carbocycles. The molecule has 0 aliphatic heterocycles. The normalized spacial score (nSPS) is 13.2. The second-order valence-corrected chi connectivity index (χ2v) is 5.58. The van der Waals surface area contributed by atoms with Crippen molar-refractivity contribution in [2.45, 2.75) is 32.7 Å². The van der Waals surface area contributed by atoms with E-state index in [9.17, 15) is 13.2 Å². The number of hydrogen-bond acceptors (Lipinski definition) is 3. The number of hydrogen-bond donors (Lipinski definition) is 2. The van der Waals surface area contributed by atoms with Gasteiger partial charge >= 0.3 is 6.36 Å². The van der Waals surface area contributed by atoms with E-state index in [0.717, 1.165) is 24.9 Å². The lowest BCUT2D eigenvalue weighted by Crippen LogP contribution is -2.23. The Morgan fingerprint density at radius 2 is 2.10 bits per heavy atom. The average Bonchev–Trinajstić information content (AvgIpc) is 2.39. The first kappa shape index (κ1) is 18.3. The smallest absolute Gasteiger partial charge is 0.405 e. The molecule has 1 aromatic rings. The van der Waals surface area contributed by atoms with Crippen LogP contribution in [0.4, 0.5) is 13.2 Å². The first-order valence-corrected chi connectivity index (χ1v) is 7.50. The SMILES string of the molecule is CCC(CCO)CNCc1ccc(OC(F)(F)F)c(Br)c1. The van der Waals surface area contributed by atoms with Crippen LogP contribution in [0.15, 0.2) is 22.7 Å². The summed E-state index contributed by atoms with van der Waals surface area (Å²) in [6, 6.07) is 4.48. The summed E-state index contributed by atoms with van der Waals surface area (Å²) in [6.07, 6.45) is -2.98. The van der Waals surface area contributed by atoms with Gasteiger partial charge in [-0.3, -0.25) is 0 Å². The van der Waals surface area contributed by atoms with Crippen LogP contribution in [0.2, 0.25) is 0 Å². The summed E-state index contributed by atoms with van der Waals surface area (Å²) < 4.78 is 40.6. The largest absolute Gasteiger partial charge is 0.573 e. The first-order valence-electron chi connectivity index (χ1n) is 6.71. The van der Waals surface area contributed by atoms with Crippen LogP contribution >= 0.6 is 15.9 Å². The topological polar surface area (TPSA) is 41.5 Å². The summed E-state index contributed by atoms with van der Waals surface area (Å²) in [6.45, 7) is 3.53. The van der Waals surface area contributed by atoms with Gasteiger partial charge in [0.1, 0.15) is 5.75 Å². The number of benzene rings is 1. The van der Waals surface area contributed by atoms with E-state index in [2.05, 4.69) is 32.9 Å². The lowest BCUT2D eigenvalue weighted by atomic mass is 10.0. The molecule has 0 saturated carbocycles. The molecule has 120 valence electrons. The maximum atomic E-state index is 12.1. The van der Waals surface area contributed by atoms with Crippen LogP contribution in [-0.4, -0.2) is 24.6 Å². The van der Waals surface area contributed by atoms with Crippen LogP contribution in [0.1, 0.15) is 25.3 Å². The van der Waals surface area contributed by atoms with Gasteiger partial charge in [0.15, 0.2) is 0 Å². The minimum atomic E-state index is -4.69. The fourth-order valence-electron chi connectivity index (χ4n) is 1.92. The molecular weight excluding hydrogens is 351 g/mol. The standard InChI is InChI=1S/C14H19BrF3NO2/c1-2-10(5-6-20)8-19-9-11-3-4-13(12(15)7-11)21-14(16,17)18/h3-4,7,10,19-20H,2,5-6,8-9H2,1H3. The molecule has 0 heterocycles. The van der Waals surface area contributed by atoms with Gasteiger partial charge in [0, 0.05) is 13.2 Å². The highest BCUT2D eigenvalue weighted by atomic mass is 79.9. The molecular formula is C14H19BrF3NO2. The molecule has 3 nitrogen and oxygen atoms in total. The molecule has 0 aliphatic rings. The van der Waals surface area contributed by atoms with Gasteiger partial charge < -0.3 is 15.2 Å². The first-order chi connectivity index (χ1) is 9.85. The molecule has 21 heavy (non-hydrogen) atoms. The number of nitrogens with one attached hydrogen (secondary N) is 1. The van der Waals surface area contributed by atoms with Gasteiger partial charge in [0.2, 0.25) is 0 Å². The average molecular weight is 370 g/mol. The molecule has 0 aromatic heterocycles. The van der Waals surface area contributed by atoms with Gasteiger partial charge in [0.25, 0.3) is 0 Å². The highest BCUT2D eigenvalue weighted by Crippen LogP contribution is 2.31. The summed E-state index contributed by atoms with van der Waals surface area (Å²) >= 11 is 3.07. The van der Waals surface area contributed by atoms with E-state index in [-0.39, 0.29) is 16.8 Å². The van der Waals surface area contributed by atoms with Crippen LogP contribution in [-0.2, 0) is 6.54 Å².